The molecule has 3 rings (SSSR count). The molecule has 8 nitrogen and oxygen atoms in total. The van der Waals surface area contributed by atoms with Crippen LogP contribution in [0.3, 0.4) is 0 Å². The van der Waals surface area contributed by atoms with Gasteiger partial charge in [-0.2, -0.15) is 4.98 Å². The zero-order valence-electron chi connectivity index (χ0n) is 13.6. The summed E-state index contributed by atoms with van der Waals surface area (Å²) in [6.45, 7) is 1.88. The molecule has 1 aliphatic heterocycles. The number of hydrogen-bond acceptors (Lipinski definition) is 7. The number of rotatable bonds is 7. The van der Waals surface area contributed by atoms with E-state index in [1.54, 1.807) is 18.1 Å². The van der Waals surface area contributed by atoms with Crippen LogP contribution in [0.5, 0.6) is 0 Å². The number of aromatic nitrogens is 2. The van der Waals surface area contributed by atoms with Crippen molar-refractivity contribution in [3.8, 4) is 0 Å². The third-order valence-corrected chi connectivity index (χ3v) is 3.97. The smallest absolute Gasteiger partial charge is 0.257 e. The summed E-state index contributed by atoms with van der Waals surface area (Å²) < 4.78 is 20.5. The summed E-state index contributed by atoms with van der Waals surface area (Å²) in [7, 11) is 1.61. The van der Waals surface area contributed by atoms with E-state index in [2.05, 4.69) is 10.1 Å². The van der Waals surface area contributed by atoms with Gasteiger partial charge in [0.1, 0.15) is 12.9 Å². The lowest BCUT2D eigenvalue weighted by molar-refractivity contribution is 0.0494. The molecule has 1 fully saturated rings. The fourth-order valence-electron chi connectivity index (χ4n) is 2.76. The molecule has 0 aliphatic carbocycles. The summed E-state index contributed by atoms with van der Waals surface area (Å²) in [6.07, 6.45) is 5.75. The van der Waals surface area contributed by atoms with Crippen LogP contribution >= 0.6 is 0 Å². The summed E-state index contributed by atoms with van der Waals surface area (Å²) in [5, 5.41) is 4.04. The van der Waals surface area contributed by atoms with Gasteiger partial charge < -0.3 is 23.3 Å². The number of nitrogens with zero attached hydrogens (tertiary/aromatic N) is 3. The van der Waals surface area contributed by atoms with Gasteiger partial charge in [-0.05, 0) is 25.3 Å². The minimum absolute atomic E-state index is 0.0730. The quantitative estimate of drug-likeness (QED) is 0.716. The standard InChI is InChI=1S/C16H21N3O5/c1-21-8-9-23-11-14-17-15(18-24-14)13-4-2-3-6-19(13)16(20)12-5-7-22-10-12/h5,7,10,13H,2-4,6,8-9,11H2,1H3. The summed E-state index contributed by atoms with van der Waals surface area (Å²) in [5.74, 6) is 0.857. The molecule has 8 heteroatoms. The first kappa shape index (κ1) is 16.7. The summed E-state index contributed by atoms with van der Waals surface area (Å²) >= 11 is 0. The van der Waals surface area contributed by atoms with E-state index in [4.69, 9.17) is 18.4 Å². The van der Waals surface area contributed by atoms with Crippen molar-refractivity contribution in [2.75, 3.05) is 26.9 Å². The van der Waals surface area contributed by atoms with Crippen molar-refractivity contribution < 1.29 is 23.2 Å². The summed E-state index contributed by atoms with van der Waals surface area (Å²) in [4.78, 5) is 18.8. The predicted molar refractivity (Wildman–Crippen MR) is 82.2 cm³/mol. The molecule has 0 bridgehead atoms. The Labute approximate surface area is 139 Å². The number of hydrogen-bond donors (Lipinski definition) is 0. The fraction of sp³-hybridized carbons (Fsp3) is 0.562. The number of carbonyl (C=O) groups excluding carboxylic acids is 1. The Hall–Kier alpha value is -2.19. The summed E-state index contributed by atoms with van der Waals surface area (Å²) in [5.41, 5.74) is 0.536. The van der Waals surface area contributed by atoms with Gasteiger partial charge in [-0.15, -0.1) is 0 Å². The number of ether oxygens (including phenoxy) is 2. The van der Waals surface area contributed by atoms with Crippen LogP contribution < -0.4 is 0 Å². The second-order valence-electron chi connectivity index (χ2n) is 5.61. The molecule has 130 valence electrons. The van der Waals surface area contributed by atoms with Crippen molar-refractivity contribution in [3.63, 3.8) is 0 Å². The van der Waals surface area contributed by atoms with Gasteiger partial charge in [-0.3, -0.25) is 4.79 Å². The molecule has 2 aromatic heterocycles. The Kier molecular flexibility index (Phi) is 5.60. The molecule has 1 amide bonds. The molecular weight excluding hydrogens is 314 g/mol. The molecule has 3 heterocycles. The van der Waals surface area contributed by atoms with Gasteiger partial charge in [0, 0.05) is 13.7 Å². The molecule has 1 aliphatic rings. The highest BCUT2D eigenvalue weighted by molar-refractivity contribution is 5.94. The molecule has 0 spiro atoms. The van der Waals surface area contributed by atoms with Crippen LogP contribution in [0.4, 0.5) is 0 Å². The van der Waals surface area contributed by atoms with E-state index in [9.17, 15) is 4.79 Å². The van der Waals surface area contributed by atoms with Crippen LogP contribution in [0.2, 0.25) is 0 Å². The van der Waals surface area contributed by atoms with E-state index < -0.39 is 0 Å². The van der Waals surface area contributed by atoms with Crippen LogP contribution in [-0.4, -0.2) is 47.8 Å². The fourth-order valence-corrected chi connectivity index (χ4v) is 2.76. The van der Waals surface area contributed by atoms with Crippen LogP contribution in [0, 0.1) is 0 Å². The number of piperidine rings is 1. The third-order valence-electron chi connectivity index (χ3n) is 3.97. The molecule has 0 N–H and O–H groups in total. The molecule has 24 heavy (non-hydrogen) atoms. The highest BCUT2D eigenvalue weighted by atomic mass is 16.5. The molecule has 0 radical (unpaired) electrons. The van der Waals surface area contributed by atoms with Crippen molar-refractivity contribution in [1.29, 1.82) is 0 Å². The zero-order chi connectivity index (χ0) is 16.8. The first-order valence-corrected chi connectivity index (χ1v) is 8.02. The van der Waals surface area contributed by atoms with E-state index in [1.807, 2.05) is 0 Å². The number of likely N-dealkylation sites (tertiary alicyclic amines) is 1. The van der Waals surface area contributed by atoms with Gasteiger partial charge in [0.05, 0.1) is 31.1 Å². The van der Waals surface area contributed by atoms with Gasteiger partial charge in [0.2, 0.25) is 0 Å². The first-order valence-electron chi connectivity index (χ1n) is 8.02. The Morgan fingerprint density at radius 3 is 3.12 bits per heavy atom. The average molecular weight is 335 g/mol. The molecule has 0 saturated carbocycles. The van der Waals surface area contributed by atoms with Gasteiger partial charge in [0.15, 0.2) is 5.82 Å². The van der Waals surface area contributed by atoms with E-state index in [0.29, 0.717) is 37.0 Å². The molecule has 1 atom stereocenters. The Morgan fingerprint density at radius 2 is 2.33 bits per heavy atom. The van der Waals surface area contributed by atoms with Crippen LogP contribution in [0.1, 0.15) is 47.4 Å². The molecule has 0 aromatic carbocycles. The van der Waals surface area contributed by atoms with Gasteiger partial charge >= 0.3 is 0 Å². The molecule has 1 unspecified atom stereocenters. The maximum absolute atomic E-state index is 12.6. The second kappa shape index (κ2) is 8.07. The minimum atomic E-state index is -0.183. The van der Waals surface area contributed by atoms with Gasteiger partial charge in [0.25, 0.3) is 11.8 Å². The normalized spacial score (nSPS) is 18.0. The lowest BCUT2D eigenvalue weighted by Gasteiger charge is -2.33. The number of methoxy groups -OCH3 is 1. The molecule has 2 aromatic rings. The SMILES string of the molecule is COCCOCc1nc(C2CCCCN2C(=O)c2ccoc2)no1. The van der Waals surface area contributed by atoms with E-state index in [-0.39, 0.29) is 18.6 Å². The van der Waals surface area contributed by atoms with E-state index in [1.165, 1.54) is 12.5 Å². The lowest BCUT2D eigenvalue weighted by atomic mass is 10.0. The van der Waals surface area contributed by atoms with Crippen molar-refractivity contribution in [3.05, 3.63) is 35.9 Å². The monoisotopic (exact) mass is 335 g/mol. The van der Waals surface area contributed by atoms with Crippen LogP contribution in [-0.2, 0) is 16.1 Å². The highest BCUT2D eigenvalue weighted by Crippen LogP contribution is 2.30. The zero-order valence-corrected chi connectivity index (χ0v) is 13.6. The van der Waals surface area contributed by atoms with Crippen LogP contribution in [0.15, 0.2) is 27.5 Å². The Morgan fingerprint density at radius 1 is 1.42 bits per heavy atom. The topological polar surface area (TPSA) is 90.8 Å². The number of amides is 1. The summed E-state index contributed by atoms with van der Waals surface area (Å²) in [6, 6.07) is 1.48. The maximum atomic E-state index is 12.6. The highest BCUT2D eigenvalue weighted by Gasteiger charge is 2.32. The molecule has 1 saturated heterocycles. The number of furan rings is 1. The number of carbonyl (C=O) groups is 1. The minimum Gasteiger partial charge on any atom is -0.472 e. The van der Waals surface area contributed by atoms with Crippen LogP contribution in [0.25, 0.3) is 0 Å². The van der Waals surface area contributed by atoms with Crippen molar-refractivity contribution in [1.82, 2.24) is 15.0 Å². The van der Waals surface area contributed by atoms with Crippen molar-refractivity contribution >= 4 is 5.91 Å². The van der Waals surface area contributed by atoms with E-state index >= 15 is 0 Å². The van der Waals surface area contributed by atoms with Crippen molar-refractivity contribution in [2.45, 2.75) is 31.9 Å². The molecular formula is C16H21N3O5. The van der Waals surface area contributed by atoms with Gasteiger partial charge in [-0.1, -0.05) is 5.16 Å². The lowest BCUT2D eigenvalue weighted by Crippen LogP contribution is -2.38. The first-order chi connectivity index (χ1) is 11.8. The largest absolute Gasteiger partial charge is 0.472 e. The van der Waals surface area contributed by atoms with E-state index in [0.717, 1.165) is 19.3 Å². The second-order valence-corrected chi connectivity index (χ2v) is 5.61. The third kappa shape index (κ3) is 3.82. The Balaban J connectivity index is 1.67. The predicted octanol–water partition coefficient (Wildman–Crippen LogP) is 2.19. The van der Waals surface area contributed by atoms with Crippen molar-refractivity contribution in [2.24, 2.45) is 0 Å². The average Bonchev–Trinajstić information content (AvgIpc) is 3.30. The maximum Gasteiger partial charge on any atom is 0.257 e. The van der Waals surface area contributed by atoms with Gasteiger partial charge in [-0.25, -0.2) is 0 Å². The Bertz CT molecular complexity index is 640.